The molecule has 0 saturated carbocycles. The Morgan fingerprint density at radius 1 is 1.25 bits per heavy atom. The van der Waals surface area contributed by atoms with Gasteiger partial charge in [0, 0.05) is 10.5 Å². The van der Waals surface area contributed by atoms with Crippen molar-refractivity contribution in [3.05, 3.63) is 69.4 Å². The third-order valence-corrected chi connectivity index (χ3v) is 4.64. The Morgan fingerprint density at radius 3 is 2.85 bits per heavy atom. The number of halogens is 2. The number of nitrogens with one attached hydrogen (secondary N) is 1. The van der Waals surface area contributed by atoms with E-state index in [0.717, 1.165) is 22.9 Å². The van der Waals surface area contributed by atoms with Crippen LogP contribution in [0.2, 0.25) is 0 Å². The largest absolute Gasteiger partial charge is 0.313 e. The molecule has 0 amide bonds. The zero-order valence-electron chi connectivity index (χ0n) is 11.4. The van der Waals surface area contributed by atoms with Crippen molar-refractivity contribution in [2.45, 2.75) is 18.9 Å². The normalized spacial score (nSPS) is 20.9. The van der Waals surface area contributed by atoms with Gasteiger partial charge in [0.2, 0.25) is 0 Å². The summed E-state index contributed by atoms with van der Waals surface area (Å²) >= 11 is 3.42. The molecule has 3 heteroatoms. The van der Waals surface area contributed by atoms with Gasteiger partial charge in [0.1, 0.15) is 5.82 Å². The fourth-order valence-electron chi connectivity index (χ4n) is 3.24. The predicted octanol–water partition coefficient (Wildman–Crippen LogP) is 4.26. The molecule has 0 fully saturated rings. The van der Waals surface area contributed by atoms with Crippen LogP contribution >= 0.6 is 15.9 Å². The molecule has 0 saturated heterocycles. The maximum absolute atomic E-state index is 13.9. The number of benzene rings is 2. The molecule has 2 unspecified atom stereocenters. The zero-order chi connectivity index (χ0) is 14.1. The zero-order valence-corrected chi connectivity index (χ0v) is 13.0. The van der Waals surface area contributed by atoms with Gasteiger partial charge in [-0.2, -0.15) is 0 Å². The summed E-state index contributed by atoms with van der Waals surface area (Å²) < 4.78 is 14.9. The van der Waals surface area contributed by atoms with Crippen LogP contribution in [0.5, 0.6) is 0 Å². The van der Waals surface area contributed by atoms with E-state index in [9.17, 15) is 4.39 Å². The van der Waals surface area contributed by atoms with E-state index in [0.29, 0.717) is 12.0 Å². The minimum atomic E-state index is -0.112. The summed E-state index contributed by atoms with van der Waals surface area (Å²) in [6.45, 7) is 0. The van der Waals surface area contributed by atoms with Gasteiger partial charge in [-0.15, -0.1) is 0 Å². The molecular formula is C17H17BrFN. The summed E-state index contributed by atoms with van der Waals surface area (Å²) in [6, 6.07) is 14.0. The summed E-state index contributed by atoms with van der Waals surface area (Å²) in [7, 11) is 1.98. The van der Waals surface area contributed by atoms with Gasteiger partial charge in [0.05, 0.1) is 0 Å². The van der Waals surface area contributed by atoms with Crippen molar-refractivity contribution in [3.63, 3.8) is 0 Å². The van der Waals surface area contributed by atoms with Gasteiger partial charge in [-0.25, -0.2) is 4.39 Å². The summed E-state index contributed by atoms with van der Waals surface area (Å²) in [5.74, 6) is 0.292. The number of fused-ring (bicyclic) bond motifs is 1. The highest BCUT2D eigenvalue weighted by Gasteiger charge is 2.31. The highest BCUT2D eigenvalue weighted by Crippen LogP contribution is 2.38. The average Bonchev–Trinajstić information content (AvgIpc) is 2.80. The van der Waals surface area contributed by atoms with Crippen molar-refractivity contribution in [2.75, 3.05) is 7.05 Å². The van der Waals surface area contributed by atoms with Crippen molar-refractivity contribution in [2.24, 2.45) is 5.92 Å². The number of rotatable bonds is 3. The summed E-state index contributed by atoms with van der Waals surface area (Å²) in [4.78, 5) is 0. The minimum absolute atomic E-state index is 0.112. The smallest absolute Gasteiger partial charge is 0.126 e. The number of hydrogen-bond acceptors (Lipinski definition) is 1. The molecular weight excluding hydrogens is 317 g/mol. The Hall–Kier alpha value is -1.19. The SMILES string of the molecule is CNC1c2ccccc2CC1Cc1cc(Br)ccc1F. The maximum Gasteiger partial charge on any atom is 0.126 e. The molecule has 0 spiro atoms. The van der Waals surface area contributed by atoms with E-state index in [-0.39, 0.29) is 5.82 Å². The van der Waals surface area contributed by atoms with Crippen LogP contribution in [-0.2, 0) is 12.8 Å². The lowest BCUT2D eigenvalue weighted by molar-refractivity contribution is 0.404. The van der Waals surface area contributed by atoms with E-state index in [4.69, 9.17) is 0 Å². The lowest BCUT2D eigenvalue weighted by Crippen LogP contribution is -2.23. The molecule has 2 aromatic carbocycles. The standard InChI is InChI=1S/C17H17BrFN/c1-20-17-13(8-11-4-2-3-5-15(11)17)9-12-10-14(18)6-7-16(12)19/h2-7,10,13,17,20H,8-9H2,1H3. The minimum Gasteiger partial charge on any atom is -0.313 e. The topological polar surface area (TPSA) is 12.0 Å². The molecule has 3 rings (SSSR count). The first-order valence-corrected chi connectivity index (χ1v) is 7.67. The maximum atomic E-state index is 13.9. The fourth-order valence-corrected chi connectivity index (χ4v) is 3.65. The molecule has 2 aromatic rings. The summed E-state index contributed by atoms with van der Waals surface area (Å²) in [5, 5.41) is 3.39. The van der Waals surface area contributed by atoms with Gasteiger partial charge < -0.3 is 5.32 Å². The van der Waals surface area contributed by atoms with Crippen molar-refractivity contribution in [3.8, 4) is 0 Å². The van der Waals surface area contributed by atoms with Crippen LogP contribution in [0.4, 0.5) is 4.39 Å². The van der Waals surface area contributed by atoms with Gasteiger partial charge in [-0.3, -0.25) is 0 Å². The van der Waals surface area contributed by atoms with Crippen LogP contribution in [-0.4, -0.2) is 7.05 Å². The third-order valence-electron chi connectivity index (χ3n) is 4.14. The predicted molar refractivity (Wildman–Crippen MR) is 83.2 cm³/mol. The van der Waals surface area contributed by atoms with E-state index in [1.54, 1.807) is 6.07 Å². The molecule has 104 valence electrons. The summed E-state index contributed by atoms with van der Waals surface area (Å²) in [5.41, 5.74) is 3.53. The molecule has 1 aliphatic rings. The Balaban J connectivity index is 1.87. The van der Waals surface area contributed by atoms with Crippen LogP contribution < -0.4 is 5.32 Å². The lowest BCUT2D eigenvalue weighted by Gasteiger charge is -2.20. The molecule has 20 heavy (non-hydrogen) atoms. The average molecular weight is 334 g/mol. The van der Waals surface area contributed by atoms with Crippen molar-refractivity contribution in [1.29, 1.82) is 0 Å². The van der Waals surface area contributed by atoms with Gasteiger partial charge >= 0.3 is 0 Å². The molecule has 0 aromatic heterocycles. The monoisotopic (exact) mass is 333 g/mol. The van der Waals surface area contributed by atoms with E-state index in [1.807, 2.05) is 13.1 Å². The first kappa shape index (κ1) is 13.8. The first-order chi connectivity index (χ1) is 9.69. The second-order valence-electron chi connectivity index (χ2n) is 5.37. The van der Waals surface area contributed by atoms with E-state index in [1.165, 1.54) is 17.2 Å². The summed E-state index contributed by atoms with van der Waals surface area (Å²) in [6.07, 6.45) is 1.76. The highest BCUT2D eigenvalue weighted by atomic mass is 79.9. The lowest BCUT2D eigenvalue weighted by atomic mass is 9.92. The molecule has 1 aliphatic carbocycles. The molecule has 0 radical (unpaired) electrons. The van der Waals surface area contributed by atoms with Gasteiger partial charge in [-0.05, 0) is 60.7 Å². The van der Waals surface area contributed by atoms with Crippen molar-refractivity contribution < 1.29 is 4.39 Å². The third kappa shape index (κ3) is 2.52. The Bertz CT molecular complexity index is 626. The second-order valence-corrected chi connectivity index (χ2v) is 6.28. The van der Waals surface area contributed by atoms with Crippen LogP contribution in [0.3, 0.4) is 0 Å². The Kier molecular flexibility index (Phi) is 3.90. The van der Waals surface area contributed by atoms with E-state index < -0.39 is 0 Å². The highest BCUT2D eigenvalue weighted by molar-refractivity contribution is 9.10. The van der Waals surface area contributed by atoms with Crippen molar-refractivity contribution >= 4 is 15.9 Å². The Labute approximate surface area is 127 Å². The quantitative estimate of drug-likeness (QED) is 0.884. The van der Waals surface area contributed by atoms with Gasteiger partial charge in [0.15, 0.2) is 0 Å². The molecule has 2 atom stereocenters. The van der Waals surface area contributed by atoms with Crippen molar-refractivity contribution in [1.82, 2.24) is 5.32 Å². The second kappa shape index (κ2) is 5.66. The molecule has 0 heterocycles. The van der Waals surface area contributed by atoms with Gasteiger partial charge in [-0.1, -0.05) is 40.2 Å². The van der Waals surface area contributed by atoms with Gasteiger partial charge in [0.25, 0.3) is 0 Å². The van der Waals surface area contributed by atoms with Crippen LogP contribution in [0.25, 0.3) is 0 Å². The molecule has 0 aliphatic heterocycles. The van der Waals surface area contributed by atoms with E-state index in [2.05, 4.69) is 45.5 Å². The fraction of sp³-hybridized carbons (Fsp3) is 0.294. The molecule has 1 N–H and O–H groups in total. The molecule has 1 nitrogen and oxygen atoms in total. The molecule has 0 bridgehead atoms. The Morgan fingerprint density at radius 2 is 2.05 bits per heavy atom. The van der Waals surface area contributed by atoms with Crippen LogP contribution in [0, 0.1) is 11.7 Å². The first-order valence-electron chi connectivity index (χ1n) is 6.88. The van der Waals surface area contributed by atoms with Crippen LogP contribution in [0.1, 0.15) is 22.7 Å². The van der Waals surface area contributed by atoms with Crippen LogP contribution in [0.15, 0.2) is 46.9 Å². The van der Waals surface area contributed by atoms with E-state index >= 15 is 0 Å². The number of hydrogen-bond donors (Lipinski definition) is 1.